The number of aromatic nitrogens is 1. The van der Waals surface area contributed by atoms with E-state index in [1.165, 1.54) is 104 Å². The minimum Gasteiger partial charge on any atom is -0.308 e. The highest BCUT2D eigenvalue weighted by atomic mass is 14.9. The van der Waals surface area contributed by atoms with Gasteiger partial charge in [0.05, 0.1) is 22.0 Å². The van der Waals surface area contributed by atoms with Crippen LogP contribution in [0, 0.1) is 0 Å². The van der Waals surface area contributed by atoms with E-state index in [0.29, 0.717) is 0 Å². The lowest BCUT2D eigenvalue weighted by Crippen LogP contribution is -2.28. The topological polar surface area (TPSA) is 4.41 Å². The smallest absolute Gasteiger partial charge is 0.0713 e. The third-order valence-electron chi connectivity index (χ3n) is 11.9. The number of hydrogen-bond donors (Lipinski definition) is 0. The number of para-hydroxylation sites is 1. The normalized spacial score (nSPS) is 13.5. The fourth-order valence-corrected chi connectivity index (χ4v) is 9.79. The van der Waals surface area contributed by atoms with Crippen LogP contribution in [0.3, 0.4) is 0 Å². The van der Waals surface area contributed by atoms with Gasteiger partial charge in [-0.05, 0) is 102 Å². The van der Waals surface area contributed by atoms with Gasteiger partial charge in [-0.1, -0.05) is 152 Å². The van der Waals surface area contributed by atoms with Crippen LogP contribution in [-0.2, 0) is 5.41 Å². The van der Waals surface area contributed by atoms with Crippen molar-refractivity contribution in [3.05, 3.63) is 210 Å². The minimum absolute atomic E-state index is 0.403. The second-order valence-electron chi connectivity index (χ2n) is 14.4. The van der Waals surface area contributed by atoms with Crippen LogP contribution in [0.2, 0.25) is 0 Å². The predicted octanol–water partition coefficient (Wildman–Crippen LogP) is 13.2. The molecule has 9 aromatic carbocycles. The van der Waals surface area contributed by atoms with Crippen molar-refractivity contribution in [2.45, 2.75) is 5.41 Å². The van der Waals surface area contributed by atoms with E-state index >= 15 is 0 Å². The van der Waals surface area contributed by atoms with E-state index in [4.69, 9.17) is 0 Å². The molecule has 1 nitrogen and oxygen atoms in total. The van der Waals surface area contributed by atoms with E-state index in [1.54, 1.807) is 0 Å². The molecule has 0 amide bonds. The molecule has 1 heteroatoms. The van der Waals surface area contributed by atoms with Crippen molar-refractivity contribution in [2.24, 2.45) is 0 Å². The van der Waals surface area contributed by atoms with Crippen molar-refractivity contribution in [1.29, 1.82) is 0 Å². The highest BCUT2D eigenvalue weighted by molar-refractivity contribution is 6.28. The summed E-state index contributed by atoms with van der Waals surface area (Å²) in [7, 11) is 0. The molecule has 0 atom stereocenters. The summed E-state index contributed by atoms with van der Waals surface area (Å²) in [4.78, 5) is 0. The van der Waals surface area contributed by atoms with Crippen LogP contribution in [0.5, 0.6) is 0 Å². The zero-order valence-electron chi connectivity index (χ0n) is 28.3. The Balaban J connectivity index is 1.13. The van der Waals surface area contributed by atoms with Crippen molar-refractivity contribution in [3.63, 3.8) is 0 Å². The fraction of sp³-hybridized carbons (Fsp3) is 0.0196. The van der Waals surface area contributed by atoms with Gasteiger partial charge in [0, 0.05) is 21.5 Å². The third-order valence-corrected chi connectivity index (χ3v) is 11.9. The Morgan fingerprint density at radius 3 is 1.83 bits per heavy atom. The predicted molar refractivity (Wildman–Crippen MR) is 219 cm³/mol. The molecule has 0 saturated carbocycles. The van der Waals surface area contributed by atoms with Crippen LogP contribution in [0.15, 0.2) is 188 Å². The second-order valence-corrected chi connectivity index (χ2v) is 14.4. The van der Waals surface area contributed by atoms with Crippen molar-refractivity contribution >= 4 is 59.6 Å². The molecule has 0 radical (unpaired) electrons. The monoisotopic (exact) mass is 657 g/mol. The first-order valence-corrected chi connectivity index (χ1v) is 18.2. The van der Waals surface area contributed by atoms with Crippen molar-refractivity contribution in [1.82, 2.24) is 4.40 Å². The lowest BCUT2D eigenvalue weighted by Gasteiger charge is -2.34. The molecule has 240 valence electrons. The van der Waals surface area contributed by atoms with Gasteiger partial charge in [0.25, 0.3) is 0 Å². The van der Waals surface area contributed by atoms with Crippen LogP contribution in [0.4, 0.5) is 0 Å². The summed E-state index contributed by atoms with van der Waals surface area (Å²) in [5, 5.41) is 10.3. The fourth-order valence-electron chi connectivity index (χ4n) is 9.79. The number of benzene rings is 9. The van der Waals surface area contributed by atoms with E-state index in [2.05, 4.69) is 192 Å². The molecule has 2 heterocycles. The number of hydrogen-bond acceptors (Lipinski definition) is 0. The van der Waals surface area contributed by atoms with E-state index < -0.39 is 5.41 Å². The molecule has 12 rings (SSSR count). The number of nitrogens with zero attached hydrogens (tertiary/aromatic N) is 1. The molecule has 2 aromatic heterocycles. The van der Waals surface area contributed by atoms with Crippen LogP contribution in [0.1, 0.15) is 22.3 Å². The molecule has 0 spiro atoms. The Hall–Kier alpha value is -6.70. The van der Waals surface area contributed by atoms with Gasteiger partial charge in [-0.15, -0.1) is 0 Å². The van der Waals surface area contributed by atoms with Gasteiger partial charge in [0.2, 0.25) is 0 Å². The molecule has 0 unspecified atom stereocenters. The Kier molecular flexibility index (Phi) is 5.49. The highest BCUT2D eigenvalue weighted by Gasteiger charge is 2.46. The summed E-state index contributed by atoms with van der Waals surface area (Å²) < 4.78 is 2.50. The quantitative estimate of drug-likeness (QED) is 0.178. The van der Waals surface area contributed by atoms with E-state index in [1.807, 2.05) is 0 Å². The number of rotatable bonds is 3. The first kappa shape index (κ1) is 28.0. The van der Waals surface area contributed by atoms with Gasteiger partial charge in [-0.25, -0.2) is 0 Å². The van der Waals surface area contributed by atoms with Gasteiger partial charge < -0.3 is 4.40 Å². The third kappa shape index (κ3) is 3.52. The Morgan fingerprint density at radius 2 is 1.02 bits per heavy atom. The van der Waals surface area contributed by atoms with Crippen molar-refractivity contribution in [3.8, 4) is 22.3 Å². The Labute approximate surface area is 301 Å². The molecular weight excluding hydrogens is 627 g/mol. The molecule has 52 heavy (non-hydrogen) atoms. The van der Waals surface area contributed by atoms with Crippen LogP contribution in [0.25, 0.3) is 81.9 Å². The summed E-state index contributed by atoms with van der Waals surface area (Å²) >= 11 is 0. The zero-order chi connectivity index (χ0) is 34.0. The molecule has 0 N–H and O–H groups in total. The lowest BCUT2D eigenvalue weighted by atomic mass is 9.67. The zero-order valence-corrected chi connectivity index (χ0v) is 28.3. The van der Waals surface area contributed by atoms with Crippen LogP contribution >= 0.6 is 0 Å². The first-order valence-electron chi connectivity index (χ1n) is 18.2. The summed E-state index contributed by atoms with van der Waals surface area (Å²) in [6.45, 7) is 0. The molecule has 11 aromatic rings. The van der Waals surface area contributed by atoms with Gasteiger partial charge in [0.15, 0.2) is 0 Å². The molecule has 0 bridgehead atoms. The van der Waals surface area contributed by atoms with Crippen LogP contribution < -0.4 is 0 Å². The summed E-state index contributed by atoms with van der Waals surface area (Å²) in [5.74, 6) is 0. The maximum absolute atomic E-state index is 2.50. The average Bonchev–Trinajstić information content (AvgIpc) is 3.83. The van der Waals surface area contributed by atoms with E-state index in [9.17, 15) is 0 Å². The molecule has 1 aliphatic carbocycles. The van der Waals surface area contributed by atoms with Gasteiger partial charge >= 0.3 is 0 Å². The Morgan fingerprint density at radius 1 is 0.346 bits per heavy atom. The molecule has 0 saturated heterocycles. The molecular formula is C51H31N. The average molecular weight is 658 g/mol. The van der Waals surface area contributed by atoms with E-state index in [-0.39, 0.29) is 0 Å². The van der Waals surface area contributed by atoms with Crippen molar-refractivity contribution in [2.75, 3.05) is 0 Å². The minimum atomic E-state index is -0.403. The standard InChI is InChI=1S/C51H31N/c1-3-15-37(16-4-1)51(38-17-5-2-6-18-38)45-21-11-9-19-40(45)43-29-36-27-35(24-23-34(36)30-46(43)51)39-25-26-41-44-28-32-13-7-8-14-33(32)31-48(44)52-47-22-12-10-20-42(47)49(39)50(41)52/h1-31H. The lowest BCUT2D eigenvalue weighted by molar-refractivity contribution is 0.769. The van der Waals surface area contributed by atoms with Gasteiger partial charge in [-0.2, -0.15) is 0 Å². The summed E-state index contributed by atoms with van der Waals surface area (Å²) in [6, 6.07) is 70.3. The summed E-state index contributed by atoms with van der Waals surface area (Å²) in [5.41, 5.74) is 13.8. The van der Waals surface area contributed by atoms with Crippen molar-refractivity contribution < 1.29 is 0 Å². The van der Waals surface area contributed by atoms with Crippen LogP contribution in [-0.4, -0.2) is 4.40 Å². The van der Waals surface area contributed by atoms with E-state index in [0.717, 1.165) is 0 Å². The first-order chi connectivity index (χ1) is 25.8. The maximum atomic E-state index is 2.50. The largest absolute Gasteiger partial charge is 0.308 e. The SMILES string of the molecule is c1ccc(C2(c3ccccc3)c3ccccc3-c3cc4cc(-c5ccc6c7cc8ccccc8cc7n7c8ccccc8c5c67)ccc4cc32)cc1. The van der Waals surface area contributed by atoms with Gasteiger partial charge in [0.1, 0.15) is 0 Å². The molecule has 0 fully saturated rings. The number of fused-ring (bicyclic) bond motifs is 11. The maximum Gasteiger partial charge on any atom is 0.0713 e. The Bertz CT molecular complexity index is 3180. The molecule has 0 aliphatic heterocycles. The highest BCUT2D eigenvalue weighted by Crippen LogP contribution is 2.57. The summed E-state index contributed by atoms with van der Waals surface area (Å²) in [6.07, 6.45) is 0. The molecule has 1 aliphatic rings. The van der Waals surface area contributed by atoms with Gasteiger partial charge in [-0.3, -0.25) is 0 Å². The second kappa shape index (κ2) is 10.2.